The molecule has 1 fully saturated rings. The zero-order valence-corrected chi connectivity index (χ0v) is 11.6. The first-order valence-electron chi connectivity index (χ1n) is 6.13. The second-order valence-electron chi connectivity index (χ2n) is 4.24. The number of ether oxygens (including phenoxy) is 1. The van der Waals surface area contributed by atoms with Gasteiger partial charge in [-0.05, 0) is 24.1 Å². The number of amides is 1. The maximum Gasteiger partial charge on any atom is 0.269 e. The third-order valence-corrected chi connectivity index (χ3v) is 3.68. The molecule has 0 aliphatic carbocycles. The number of nitrogens with zero attached hydrogens (tertiary/aromatic N) is 2. The summed E-state index contributed by atoms with van der Waals surface area (Å²) in [5.74, 6) is 0.445. The molecular weight excluding hydrogens is 282 g/mol. The highest BCUT2D eigenvalue weighted by molar-refractivity contribution is 7.97. The van der Waals surface area contributed by atoms with Crippen molar-refractivity contribution in [2.75, 3.05) is 32.2 Å². The summed E-state index contributed by atoms with van der Waals surface area (Å²) in [6.45, 7) is 3.16. The summed E-state index contributed by atoms with van der Waals surface area (Å²) in [5.41, 5.74) is 0.382. The van der Waals surface area contributed by atoms with Crippen LogP contribution in [0.5, 0.6) is 0 Å². The van der Waals surface area contributed by atoms with Crippen molar-refractivity contribution in [2.45, 2.75) is 0 Å². The molecule has 1 heterocycles. The van der Waals surface area contributed by atoms with Crippen LogP contribution >= 0.6 is 11.9 Å². The molecule has 7 nitrogen and oxygen atoms in total. The van der Waals surface area contributed by atoms with E-state index in [0.29, 0.717) is 11.4 Å². The summed E-state index contributed by atoms with van der Waals surface area (Å²) in [7, 11) is 0. The van der Waals surface area contributed by atoms with Crippen molar-refractivity contribution in [1.82, 2.24) is 9.62 Å². The highest BCUT2D eigenvalue weighted by atomic mass is 32.2. The van der Waals surface area contributed by atoms with Gasteiger partial charge >= 0.3 is 0 Å². The molecule has 0 radical (unpaired) electrons. The summed E-state index contributed by atoms with van der Waals surface area (Å²) in [6, 6.07) is 5.54. The van der Waals surface area contributed by atoms with Crippen LogP contribution in [-0.2, 0) is 4.74 Å². The van der Waals surface area contributed by atoms with Crippen LogP contribution in [0, 0.1) is 10.1 Å². The molecule has 0 saturated carbocycles. The number of carbonyl (C=O) groups is 1. The summed E-state index contributed by atoms with van der Waals surface area (Å²) in [5, 5.41) is 10.5. The van der Waals surface area contributed by atoms with E-state index in [1.807, 2.05) is 0 Å². The number of morpholine rings is 1. The topological polar surface area (TPSA) is 84.7 Å². The third kappa shape index (κ3) is 4.19. The predicted octanol–water partition coefficient (Wildman–Crippen LogP) is 1.26. The Kier molecular flexibility index (Phi) is 5.33. The monoisotopic (exact) mass is 297 g/mol. The van der Waals surface area contributed by atoms with E-state index in [9.17, 15) is 14.9 Å². The number of benzene rings is 1. The van der Waals surface area contributed by atoms with Crippen LogP contribution in [0.3, 0.4) is 0 Å². The largest absolute Gasteiger partial charge is 0.379 e. The first-order valence-corrected chi connectivity index (χ1v) is 7.12. The molecule has 1 aromatic carbocycles. The second-order valence-corrected chi connectivity index (χ2v) is 4.99. The van der Waals surface area contributed by atoms with Gasteiger partial charge in [0.25, 0.3) is 11.6 Å². The normalized spacial score (nSPS) is 15.8. The van der Waals surface area contributed by atoms with Gasteiger partial charge in [-0.3, -0.25) is 24.5 Å². The number of non-ortho nitro benzene ring substituents is 1. The van der Waals surface area contributed by atoms with Gasteiger partial charge in [0, 0.05) is 30.8 Å². The molecule has 0 atom stereocenters. The van der Waals surface area contributed by atoms with E-state index < -0.39 is 4.92 Å². The average molecular weight is 297 g/mol. The van der Waals surface area contributed by atoms with Gasteiger partial charge in [0.1, 0.15) is 0 Å². The fraction of sp³-hybridized carbons (Fsp3) is 0.417. The first kappa shape index (κ1) is 14.8. The van der Waals surface area contributed by atoms with Crippen LogP contribution in [0.1, 0.15) is 10.4 Å². The second kappa shape index (κ2) is 7.22. The first-order chi connectivity index (χ1) is 9.66. The molecule has 0 unspecified atom stereocenters. The van der Waals surface area contributed by atoms with E-state index in [1.54, 1.807) is 0 Å². The molecule has 0 spiro atoms. The van der Waals surface area contributed by atoms with Crippen molar-refractivity contribution in [3.05, 3.63) is 39.9 Å². The molecule has 2 rings (SSSR count). The minimum Gasteiger partial charge on any atom is -0.379 e. The van der Waals surface area contributed by atoms with Crippen LogP contribution in [-0.4, -0.2) is 47.9 Å². The standard InChI is InChI=1S/C12H15N3O4S/c16-12(10-1-3-11(4-2-10)15(17)18)13-20-9-14-5-7-19-8-6-14/h1-4H,5-9H2,(H,13,16). The Bertz CT molecular complexity index is 474. The smallest absolute Gasteiger partial charge is 0.269 e. The summed E-state index contributed by atoms with van der Waals surface area (Å²) >= 11 is 1.31. The van der Waals surface area contributed by atoms with Gasteiger partial charge in [0.15, 0.2) is 0 Å². The summed E-state index contributed by atoms with van der Waals surface area (Å²) in [6.07, 6.45) is 0. The van der Waals surface area contributed by atoms with Crippen molar-refractivity contribution in [3.8, 4) is 0 Å². The van der Waals surface area contributed by atoms with Crippen molar-refractivity contribution in [1.29, 1.82) is 0 Å². The lowest BCUT2D eigenvalue weighted by molar-refractivity contribution is -0.384. The molecule has 1 N–H and O–H groups in total. The van der Waals surface area contributed by atoms with E-state index in [1.165, 1.54) is 36.2 Å². The number of hydrogen-bond donors (Lipinski definition) is 1. The van der Waals surface area contributed by atoms with E-state index in [0.717, 1.165) is 26.3 Å². The Balaban J connectivity index is 1.77. The molecule has 1 aliphatic rings. The Labute approximate surface area is 120 Å². The van der Waals surface area contributed by atoms with Crippen LogP contribution in [0.25, 0.3) is 0 Å². The van der Waals surface area contributed by atoms with Gasteiger partial charge in [0.2, 0.25) is 0 Å². The lowest BCUT2D eigenvalue weighted by Gasteiger charge is -2.25. The molecule has 1 aromatic rings. The fourth-order valence-electron chi connectivity index (χ4n) is 1.71. The Morgan fingerprint density at radius 1 is 1.35 bits per heavy atom. The highest BCUT2D eigenvalue weighted by Gasteiger charge is 2.12. The van der Waals surface area contributed by atoms with Crippen molar-refractivity contribution in [2.24, 2.45) is 0 Å². The molecular formula is C12H15N3O4S. The van der Waals surface area contributed by atoms with Gasteiger partial charge in [-0.25, -0.2) is 0 Å². The van der Waals surface area contributed by atoms with Crippen molar-refractivity contribution in [3.63, 3.8) is 0 Å². The molecule has 0 aromatic heterocycles. The van der Waals surface area contributed by atoms with Gasteiger partial charge in [0.05, 0.1) is 24.0 Å². The molecule has 20 heavy (non-hydrogen) atoms. The summed E-state index contributed by atoms with van der Waals surface area (Å²) in [4.78, 5) is 24.0. The highest BCUT2D eigenvalue weighted by Crippen LogP contribution is 2.12. The fourth-order valence-corrected chi connectivity index (χ4v) is 2.47. The lowest BCUT2D eigenvalue weighted by atomic mass is 10.2. The minimum atomic E-state index is -0.491. The number of nitrogens with one attached hydrogen (secondary N) is 1. The van der Waals surface area contributed by atoms with Crippen molar-refractivity contribution >= 4 is 23.5 Å². The SMILES string of the molecule is O=C(NSCN1CCOCC1)c1ccc([N+](=O)[O-])cc1. The maximum atomic E-state index is 11.8. The average Bonchev–Trinajstić information content (AvgIpc) is 2.48. The zero-order chi connectivity index (χ0) is 14.4. The van der Waals surface area contributed by atoms with E-state index >= 15 is 0 Å². The van der Waals surface area contributed by atoms with E-state index in [2.05, 4.69) is 9.62 Å². The molecule has 1 amide bonds. The van der Waals surface area contributed by atoms with Gasteiger partial charge in [-0.15, -0.1) is 0 Å². The molecule has 108 valence electrons. The van der Waals surface area contributed by atoms with Crippen LogP contribution in [0.4, 0.5) is 5.69 Å². The van der Waals surface area contributed by atoms with E-state index in [-0.39, 0.29) is 11.6 Å². The maximum absolute atomic E-state index is 11.8. The molecule has 8 heteroatoms. The van der Waals surface area contributed by atoms with Gasteiger partial charge in [-0.1, -0.05) is 0 Å². The quantitative estimate of drug-likeness (QED) is 0.500. The Morgan fingerprint density at radius 3 is 2.60 bits per heavy atom. The number of nitro groups is 1. The third-order valence-electron chi connectivity index (χ3n) is 2.86. The lowest BCUT2D eigenvalue weighted by Crippen LogP contribution is -2.37. The van der Waals surface area contributed by atoms with Crippen LogP contribution in [0.15, 0.2) is 24.3 Å². The number of nitro benzene ring substituents is 1. The Morgan fingerprint density at radius 2 is 2.00 bits per heavy atom. The predicted molar refractivity (Wildman–Crippen MR) is 75.4 cm³/mol. The van der Waals surface area contributed by atoms with Gasteiger partial charge in [-0.2, -0.15) is 0 Å². The number of carbonyl (C=O) groups excluding carboxylic acids is 1. The summed E-state index contributed by atoms with van der Waals surface area (Å²) < 4.78 is 7.95. The van der Waals surface area contributed by atoms with Gasteiger partial charge < -0.3 is 4.74 Å². The zero-order valence-electron chi connectivity index (χ0n) is 10.8. The van der Waals surface area contributed by atoms with Crippen LogP contribution < -0.4 is 4.72 Å². The molecule has 0 bridgehead atoms. The van der Waals surface area contributed by atoms with E-state index in [4.69, 9.17) is 4.74 Å². The Hall–Kier alpha value is -1.64. The van der Waals surface area contributed by atoms with Crippen LogP contribution in [0.2, 0.25) is 0 Å². The molecule has 1 saturated heterocycles. The number of rotatable bonds is 5. The minimum absolute atomic E-state index is 0.0254. The molecule has 1 aliphatic heterocycles. The van der Waals surface area contributed by atoms with Crippen molar-refractivity contribution < 1.29 is 14.5 Å². The number of hydrogen-bond acceptors (Lipinski definition) is 6.